The maximum atomic E-state index is 12.4. The average molecular weight is 316 g/mol. The number of para-hydroxylation sites is 1. The Bertz CT molecular complexity index is 758. The van der Waals surface area contributed by atoms with Gasteiger partial charge >= 0.3 is 6.03 Å². The summed E-state index contributed by atoms with van der Waals surface area (Å²) >= 11 is 0. The molecule has 0 heterocycles. The minimum absolute atomic E-state index is 0.0858. The van der Waals surface area contributed by atoms with Gasteiger partial charge in [-0.15, -0.1) is 0 Å². The van der Waals surface area contributed by atoms with Gasteiger partial charge in [-0.05, 0) is 29.7 Å². The molecule has 3 heteroatoms. The average Bonchev–Trinajstić information content (AvgIpc) is 2.63. The molecule has 0 saturated carbocycles. The van der Waals surface area contributed by atoms with Crippen molar-refractivity contribution < 1.29 is 4.79 Å². The zero-order valence-electron chi connectivity index (χ0n) is 13.4. The molecular weight excluding hydrogens is 296 g/mol. The zero-order valence-corrected chi connectivity index (χ0v) is 13.4. The molecule has 0 aliphatic carbocycles. The molecule has 0 aliphatic heterocycles. The molecule has 120 valence electrons. The molecular formula is C21H20N2O. The number of carbonyl (C=O) groups is 1. The topological polar surface area (TPSA) is 41.1 Å². The summed E-state index contributed by atoms with van der Waals surface area (Å²) in [6.45, 7) is 0. The summed E-state index contributed by atoms with van der Waals surface area (Å²) in [6, 6.07) is 29.4. The molecule has 0 aromatic heterocycles. The Morgan fingerprint density at radius 3 is 1.92 bits per heavy atom. The van der Waals surface area contributed by atoms with Gasteiger partial charge in [0.1, 0.15) is 0 Å². The first-order valence-electron chi connectivity index (χ1n) is 8.03. The highest BCUT2D eigenvalue weighted by Gasteiger charge is 2.15. The molecule has 3 nitrogen and oxygen atoms in total. The summed E-state index contributed by atoms with van der Waals surface area (Å²) in [5, 5.41) is 5.96. The molecule has 0 fully saturated rings. The van der Waals surface area contributed by atoms with Crippen LogP contribution in [0.4, 0.5) is 10.5 Å². The molecule has 0 bridgehead atoms. The number of urea groups is 1. The molecule has 24 heavy (non-hydrogen) atoms. The minimum atomic E-state index is -0.203. The van der Waals surface area contributed by atoms with Gasteiger partial charge in [0.25, 0.3) is 0 Å². The third-order valence-electron chi connectivity index (χ3n) is 3.82. The molecule has 0 aliphatic rings. The molecule has 3 aromatic rings. The second-order valence-electron chi connectivity index (χ2n) is 5.62. The zero-order chi connectivity index (χ0) is 16.6. The van der Waals surface area contributed by atoms with Crippen LogP contribution in [-0.4, -0.2) is 6.03 Å². The van der Waals surface area contributed by atoms with Crippen molar-refractivity contribution in [2.45, 2.75) is 12.5 Å². The summed E-state index contributed by atoms with van der Waals surface area (Å²) in [5.41, 5.74) is 3.05. The summed E-state index contributed by atoms with van der Waals surface area (Å²) in [5.74, 6) is 0. The number of anilines is 1. The van der Waals surface area contributed by atoms with E-state index >= 15 is 0 Å². The van der Waals surface area contributed by atoms with Crippen molar-refractivity contribution in [3.63, 3.8) is 0 Å². The van der Waals surface area contributed by atoms with E-state index in [-0.39, 0.29) is 12.1 Å². The Morgan fingerprint density at radius 1 is 0.750 bits per heavy atom. The van der Waals surface area contributed by atoms with Crippen LogP contribution in [0.25, 0.3) is 0 Å². The molecule has 3 aromatic carbocycles. The maximum absolute atomic E-state index is 12.4. The standard InChI is InChI=1S/C21H20N2O/c24-21(22-19-14-8-3-9-15-19)23-20(18-12-6-2-7-13-18)16-17-10-4-1-5-11-17/h1-15,20H,16H2,(H2,22,23,24). The van der Waals surface area contributed by atoms with Gasteiger partial charge in [-0.3, -0.25) is 0 Å². The van der Waals surface area contributed by atoms with Gasteiger partial charge in [0.2, 0.25) is 0 Å². The highest BCUT2D eigenvalue weighted by Crippen LogP contribution is 2.18. The number of hydrogen-bond acceptors (Lipinski definition) is 1. The number of hydrogen-bond donors (Lipinski definition) is 2. The lowest BCUT2D eigenvalue weighted by atomic mass is 9.99. The highest BCUT2D eigenvalue weighted by molar-refractivity contribution is 5.89. The van der Waals surface area contributed by atoms with Crippen molar-refractivity contribution in [3.8, 4) is 0 Å². The molecule has 2 N–H and O–H groups in total. The van der Waals surface area contributed by atoms with E-state index in [1.165, 1.54) is 5.56 Å². The van der Waals surface area contributed by atoms with E-state index in [0.717, 1.165) is 17.7 Å². The monoisotopic (exact) mass is 316 g/mol. The quantitative estimate of drug-likeness (QED) is 0.698. The van der Waals surface area contributed by atoms with Crippen molar-refractivity contribution >= 4 is 11.7 Å². The fourth-order valence-electron chi connectivity index (χ4n) is 2.63. The van der Waals surface area contributed by atoms with Crippen LogP contribution in [0.15, 0.2) is 91.0 Å². The first-order chi connectivity index (χ1) is 11.8. The van der Waals surface area contributed by atoms with Gasteiger partial charge in [0.05, 0.1) is 6.04 Å². The maximum Gasteiger partial charge on any atom is 0.319 e. The third-order valence-corrected chi connectivity index (χ3v) is 3.82. The molecule has 0 saturated heterocycles. The number of amides is 2. The number of carbonyl (C=O) groups excluding carboxylic acids is 1. The predicted molar refractivity (Wildman–Crippen MR) is 97.9 cm³/mol. The summed E-state index contributed by atoms with van der Waals surface area (Å²) in [7, 11) is 0. The van der Waals surface area contributed by atoms with E-state index in [2.05, 4.69) is 22.8 Å². The van der Waals surface area contributed by atoms with Crippen molar-refractivity contribution in [2.24, 2.45) is 0 Å². The van der Waals surface area contributed by atoms with Crippen LogP contribution in [0.1, 0.15) is 17.2 Å². The SMILES string of the molecule is O=C(Nc1ccccc1)NC(Cc1ccccc1)c1ccccc1. The number of nitrogens with one attached hydrogen (secondary N) is 2. The number of benzene rings is 3. The van der Waals surface area contributed by atoms with Crippen LogP contribution < -0.4 is 10.6 Å². The summed E-state index contributed by atoms with van der Waals surface area (Å²) in [4.78, 5) is 12.4. The molecule has 2 amide bonds. The fraction of sp³-hybridized carbons (Fsp3) is 0.0952. The van der Waals surface area contributed by atoms with Gasteiger partial charge in [-0.1, -0.05) is 78.9 Å². The van der Waals surface area contributed by atoms with E-state index in [1.54, 1.807) is 0 Å². The second-order valence-corrected chi connectivity index (χ2v) is 5.62. The van der Waals surface area contributed by atoms with Gasteiger partial charge in [0.15, 0.2) is 0 Å². The Kier molecular flexibility index (Phi) is 5.25. The van der Waals surface area contributed by atoms with Crippen molar-refractivity contribution in [1.29, 1.82) is 0 Å². The van der Waals surface area contributed by atoms with Crippen molar-refractivity contribution in [1.82, 2.24) is 5.32 Å². The van der Waals surface area contributed by atoms with Crippen LogP contribution in [-0.2, 0) is 6.42 Å². The fourth-order valence-corrected chi connectivity index (χ4v) is 2.63. The Balaban J connectivity index is 1.73. The molecule has 1 atom stereocenters. The normalized spacial score (nSPS) is 11.5. The minimum Gasteiger partial charge on any atom is -0.331 e. The Hall–Kier alpha value is -3.07. The lowest BCUT2D eigenvalue weighted by Crippen LogP contribution is -2.33. The lowest BCUT2D eigenvalue weighted by molar-refractivity contribution is 0.248. The van der Waals surface area contributed by atoms with Crippen LogP contribution in [0.3, 0.4) is 0 Å². The molecule has 3 rings (SSSR count). The van der Waals surface area contributed by atoms with Crippen LogP contribution in [0.5, 0.6) is 0 Å². The highest BCUT2D eigenvalue weighted by atomic mass is 16.2. The smallest absolute Gasteiger partial charge is 0.319 e. The summed E-state index contributed by atoms with van der Waals surface area (Å²) < 4.78 is 0. The Morgan fingerprint density at radius 2 is 1.29 bits per heavy atom. The molecule has 0 spiro atoms. The van der Waals surface area contributed by atoms with Crippen molar-refractivity contribution in [3.05, 3.63) is 102 Å². The van der Waals surface area contributed by atoms with E-state index in [4.69, 9.17) is 0 Å². The predicted octanol–water partition coefficient (Wildman–Crippen LogP) is 4.79. The van der Waals surface area contributed by atoms with Crippen LogP contribution in [0, 0.1) is 0 Å². The first-order valence-corrected chi connectivity index (χ1v) is 8.03. The van der Waals surface area contributed by atoms with Gasteiger partial charge in [0, 0.05) is 5.69 Å². The second kappa shape index (κ2) is 7.97. The van der Waals surface area contributed by atoms with Gasteiger partial charge in [-0.25, -0.2) is 4.79 Å². The van der Waals surface area contributed by atoms with E-state index in [0.29, 0.717) is 0 Å². The van der Waals surface area contributed by atoms with E-state index in [9.17, 15) is 4.79 Å². The third kappa shape index (κ3) is 4.46. The van der Waals surface area contributed by atoms with Crippen LogP contribution >= 0.6 is 0 Å². The molecule has 0 radical (unpaired) electrons. The van der Waals surface area contributed by atoms with E-state index in [1.807, 2.05) is 78.9 Å². The van der Waals surface area contributed by atoms with Gasteiger partial charge < -0.3 is 10.6 Å². The van der Waals surface area contributed by atoms with Gasteiger partial charge in [-0.2, -0.15) is 0 Å². The summed E-state index contributed by atoms with van der Waals surface area (Å²) in [6.07, 6.45) is 0.743. The molecule has 1 unspecified atom stereocenters. The lowest BCUT2D eigenvalue weighted by Gasteiger charge is -2.20. The van der Waals surface area contributed by atoms with Crippen LogP contribution in [0.2, 0.25) is 0 Å². The first kappa shape index (κ1) is 15.8. The van der Waals surface area contributed by atoms with Crippen molar-refractivity contribution in [2.75, 3.05) is 5.32 Å². The Labute approximate surface area is 142 Å². The van der Waals surface area contributed by atoms with E-state index < -0.39 is 0 Å². The number of rotatable bonds is 5. The largest absolute Gasteiger partial charge is 0.331 e.